The Morgan fingerprint density at radius 3 is 2.26 bits per heavy atom. The van der Waals surface area contributed by atoms with Crippen molar-refractivity contribution in [2.75, 3.05) is 59.6 Å². The Bertz CT molecular complexity index is 918. The predicted molar refractivity (Wildman–Crippen MR) is 115 cm³/mol. The topological polar surface area (TPSA) is 81.7 Å². The molecule has 2 aromatic carbocycles. The predicted octanol–water partition coefficient (Wildman–Crippen LogP) is 2.79. The van der Waals surface area contributed by atoms with Crippen LogP contribution < -0.4 is 29.0 Å². The van der Waals surface area contributed by atoms with Crippen molar-refractivity contribution in [3.8, 4) is 28.7 Å². The first-order valence-corrected chi connectivity index (χ1v) is 10.1. The molecule has 0 radical (unpaired) electrons. The Morgan fingerprint density at radius 1 is 0.935 bits per heavy atom. The summed E-state index contributed by atoms with van der Waals surface area (Å²) in [6, 6.07) is 9.29. The maximum absolute atomic E-state index is 12.8. The first kappa shape index (κ1) is 20.9. The van der Waals surface area contributed by atoms with E-state index in [1.54, 1.807) is 38.4 Å². The molecule has 2 amide bonds. The molecule has 2 heterocycles. The third-order valence-corrected chi connectivity index (χ3v) is 5.42. The molecule has 1 saturated heterocycles. The number of anilines is 1. The van der Waals surface area contributed by atoms with Crippen LogP contribution in [0.4, 0.5) is 10.5 Å². The number of hydrogen-bond acceptors (Lipinski definition) is 7. The van der Waals surface area contributed by atoms with Crippen molar-refractivity contribution in [3.63, 3.8) is 0 Å². The number of benzene rings is 2. The summed E-state index contributed by atoms with van der Waals surface area (Å²) in [5.74, 6) is 3.05. The van der Waals surface area contributed by atoms with Crippen LogP contribution in [-0.2, 0) is 6.54 Å². The highest BCUT2D eigenvalue weighted by molar-refractivity contribution is 5.90. The van der Waals surface area contributed by atoms with Crippen LogP contribution in [0.1, 0.15) is 5.56 Å². The van der Waals surface area contributed by atoms with Crippen molar-refractivity contribution in [1.82, 2.24) is 9.80 Å². The highest BCUT2D eigenvalue weighted by atomic mass is 16.7. The lowest BCUT2D eigenvalue weighted by atomic mass is 10.1. The monoisotopic (exact) mass is 429 g/mol. The molecule has 31 heavy (non-hydrogen) atoms. The van der Waals surface area contributed by atoms with Crippen LogP contribution in [0.15, 0.2) is 30.3 Å². The van der Waals surface area contributed by atoms with Gasteiger partial charge in [-0.1, -0.05) is 6.07 Å². The number of piperazine rings is 1. The number of rotatable bonds is 6. The summed E-state index contributed by atoms with van der Waals surface area (Å²) >= 11 is 0. The van der Waals surface area contributed by atoms with Gasteiger partial charge in [0.25, 0.3) is 0 Å². The third kappa shape index (κ3) is 4.56. The minimum atomic E-state index is -0.156. The normalized spacial score (nSPS) is 15.5. The van der Waals surface area contributed by atoms with Crippen LogP contribution in [0, 0.1) is 0 Å². The van der Waals surface area contributed by atoms with Gasteiger partial charge >= 0.3 is 6.03 Å². The van der Waals surface area contributed by atoms with Crippen molar-refractivity contribution in [1.29, 1.82) is 0 Å². The van der Waals surface area contributed by atoms with Gasteiger partial charge in [0, 0.05) is 44.9 Å². The van der Waals surface area contributed by atoms with E-state index in [0.717, 1.165) is 31.1 Å². The second-order valence-corrected chi connectivity index (χ2v) is 7.29. The summed E-state index contributed by atoms with van der Waals surface area (Å²) < 4.78 is 26.8. The fourth-order valence-electron chi connectivity index (χ4n) is 3.76. The number of fused-ring (bicyclic) bond motifs is 1. The zero-order valence-corrected chi connectivity index (χ0v) is 18.0. The largest absolute Gasteiger partial charge is 0.493 e. The van der Waals surface area contributed by atoms with Crippen molar-refractivity contribution in [2.45, 2.75) is 6.54 Å². The van der Waals surface area contributed by atoms with Crippen molar-refractivity contribution in [2.24, 2.45) is 0 Å². The average molecular weight is 429 g/mol. The maximum atomic E-state index is 12.8. The quantitative estimate of drug-likeness (QED) is 0.756. The van der Waals surface area contributed by atoms with Gasteiger partial charge in [-0.2, -0.15) is 0 Å². The third-order valence-electron chi connectivity index (χ3n) is 5.42. The van der Waals surface area contributed by atoms with Crippen LogP contribution in [0.25, 0.3) is 0 Å². The summed E-state index contributed by atoms with van der Waals surface area (Å²) in [6.45, 7) is 3.94. The molecule has 2 aromatic rings. The Labute approximate surface area is 181 Å². The zero-order valence-electron chi connectivity index (χ0n) is 18.0. The fourth-order valence-corrected chi connectivity index (χ4v) is 3.76. The van der Waals surface area contributed by atoms with Gasteiger partial charge in [0.15, 0.2) is 23.0 Å². The van der Waals surface area contributed by atoms with Crippen LogP contribution in [-0.4, -0.2) is 70.1 Å². The van der Waals surface area contributed by atoms with Gasteiger partial charge < -0.3 is 33.9 Å². The molecule has 0 spiro atoms. The minimum absolute atomic E-state index is 0.156. The molecular weight excluding hydrogens is 402 g/mol. The molecule has 1 fully saturated rings. The van der Waals surface area contributed by atoms with E-state index in [0.29, 0.717) is 36.0 Å². The van der Waals surface area contributed by atoms with Crippen molar-refractivity contribution >= 4 is 11.7 Å². The van der Waals surface area contributed by atoms with Gasteiger partial charge in [0.2, 0.25) is 12.5 Å². The summed E-state index contributed by atoms with van der Waals surface area (Å²) in [4.78, 5) is 16.9. The molecule has 0 atom stereocenters. The van der Waals surface area contributed by atoms with E-state index in [1.165, 1.54) is 5.56 Å². The lowest BCUT2D eigenvalue weighted by Crippen LogP contribution is -2.49. The van der Waals surface area contributed by atoms with Crippen LogP contribution >= 0.6 is 0 Å². The Morgan fingerprint density at radius 2 is 1.61 bits per heavy atom. The zero-order chi connectivity index (χ0) is 21.8. The van der Waals surface area contributed by atoms with Gasteiger partial charge in [0.1, 0.15) is 0 Å². The highest BCUT2D eigenvalue weighted by Gasteiger charge is 2.23. The molecule has 0 aliphatic carbocycles. The Balaban J connectivity index is 1.33. The molecule has 9 nitrogen and oxygen atoms in total. The second kappa shape index (κ2) is 9.22. The van der Waals surface area contributed by atoms with Crippen molar-refractivity contribution < 1.29 is 28.5 Å². The number of ether oxygens (including phenoxy) is 5. The number of nitrogens with one attached hydrogen (secondary N) is 1. The molecule has 166 valence electrons. The molecule has 0 saturated carbocycles. The van der Waals surface area contributed by atoms with Gasteiger partial charge in [-0.3, -0.25) is 4.90 Å². The van der Waals surface area contributed by atoms with E-state index >= 15 is 0 Å². The highest BCUT2D eigenvalue weighted by Crippen LogP contribution is 2.40. The smallest absolute Gasteiger partial charge is 0.321 e. The number of methoxy groups -OCH3 is 3. The van der Waals surface area contributed by atoms with E-state index < -0.39 is 0 Å². The Kier molecular flexibility index (Phi) is 6.22. The van der Waals surface area contributed by atoms with Crippen LogP contribution in [0.2, 0.25) is 0 Å². The van der Waals surface area contributed by atoms with Crippen LogP contribution in [0.3, 0.4) is 0 Å². The second-order valence-electron chi connectivity index (χ2n) is 7.29. The number of amides is 2. The number of nitrogens with zero attached hydrogens (tertiary/aromatic N) is 2. The Hall–Kier alpha value is -3.33. The number of carbonyl (C=O) groups is 1. The summed E-state index contributed by atoms with van der Waals surface area (Å²) in [6.07, 6.45) is 0. The summed E-state index contributed by atoms with van der Waals surface area (Å²) in [7, 11) is 4.63. The van der Waals surface area contributed by atoms with E-state index in [4.69, 9.17) is 23.7 Å². The molecule has 9 heteroatoms. The molecular formula is C22H27N3O6. The molecule has 2 aliphatic rings. The van der Waals surface area contributed by atoms with E-state index in [1.807, 2.05) is 12.1 Å². The van der Waals surface area contributed by atoms with Gasteiger partial charge in [-0.15, -0.1) is 0 Å². The number of carbonyl (C=O) groups excluding carboxylic acids is 1. The SMILES string of the molecule is COc1cc(NC(=O)N2CCN(Cc3ccc4c(c3)OCO4)CC2)cc(OC)c1OC. The summed E-state index contributed by atoms with van der Waals surface area (Å²) in [5.41, 5.74) is 1.75. The number of hydrogen-bond donors (Lipinski definition) is 1. The summed E-state index contributed by atoms with van der Waals surface area (Å²) in [5, 5.41) is 2.93. The first-order valence-electron chi connectivity index (χ1n) is 10.1. The van der Waals surface area contributed by atoms with Gasteiger partial charge in [-0.05, 0) is 17.7 Å². The van der Waals surface area contributed by atoms with Crippen molar-refractivity contribution in [3.05, 3.63) is 35.9 Å². The molecule has 0 bridgehead atoms. The van der Waals surface area contributed by atoms with E-state index in [-0.39, 0.29) is 12.8 Å². The molecule has 0 aromatic heterocycles. The lowest BCUT2D eigenvalue weighted by Gasteiger charge is -2.34. The first-order chi connectivity index (χ1) is 15.1. The van der Waals surface area contributed by atoms with Gasteiger partial charge in [-0.25, -0.2) is 4.79 Å². The minimum Gasteiger partial charge on any atom is -0.493 e. The van der Waals surface area contributed by atoms with E-state index in [2.05, 4.69) is 16.3 Å². The molecule has 0 unspecified atom stereocenters. The molecule has 1 N–H and O–H groups in total. The molecule has 4 rings (SSSR count). The van der Waals surface area contributed by atoms with Crippen LogP contribution in [0.5, 0.6) is 28.7 Å². The maximum Gasteiger partial charge on any atom is 0.321 e. The number of urea groups is 1. The lowest BCUT2D eigenvalue weighted by molar-refractivity contribution is 0.143. The fraction of sp³-hybridized carbons (Fsp3) is 0.409. The average Bonchev–Trinajstić information content (AvgIpc) is 3.26. The van der Waals surface area contributed by atoms with Gasteiger partial charge in [0.05, 0.1) is 27.0 Å². The standard InChI is InChI=1S/C22H27N3O6/c1-27-19-11-16(12-20(28-2)21(19)29-3)23-22(26)25-8-6-24(7-9-25)13-15-4-5-17-18(10-15)31-14-30-17/h4-5,10-12H,6-9,13-14H2,1-3H3,(H,23,26). The molecule has 2 aliphatic heterocycles. The van der Waals surface area contributed by atoms with E-state index in [9.17, 15) is 4.79 Å².